The van der Waals surface area contributed by atoms with E-state index < -0.39 is 17.9 Å². The Balaban J connectivity index is 2.55. The van der Waals surface area contributed by atoms with E-state index in [1.54, 1.807) is 27.7 Å². The molecule has 0 aromatic heterocycles. The zero-order valence-corrected chi connectivity index (χ0v) is 14.4. The van der Waals surface area contributed by atoms with Gasteiger partial charge in [-0.2, -0.15) is 0 Å². The molecule has 0 spiro atoms. The number of rotatable bonds is 6. The van der Waals surface area contributed by atoms with Crippen molar-refractivity contribution in [2.45, 2.75) is 71.1 Å². The first-order valence-electron chi connectivity index (χ1n) is 7.47. The Kier molecular flexibility index (Phi) is 7.59. The van der Waals surface area contributed by atoms with Crippen LogP contribution in [0.5, 0.6) is 0 Å². The molecule has 0 aromatic carbocycles. The molecule has 0 saturated carbocycles. The van der Waals surface area contributed by atoms with E-state index in [0.717, 1.165) is 0 Å². The molecule has 1 fully saturated rings. The van der Waals surface area contributed by atoms with Crippen molar-refractivity contribution in [3.8, 4) is 0 Å². The van der Waals surface area contributed by atoms with Gasteiger partial charge in [-0.3, -0.25) is 9.59 Å². The zero-order valence-electron chi connectivity index (χ0n) is 13.6. The summed E-state index contributed by atoms with van der Waals surface area (Å²) in [5.41, 5.74) is -0.543. The van der Waals surface area contributed by atoms with E-state index in [-0.39, 0.29) is 36.9 Å². The second-order valence-electron chi connectivity index (χ2n) is 6.14. The molecular formula is C15H25ClO6. The molecule has 3 atom stereocenters. The molecule has 1 aliphatic heterocycles. The van der Waals surface area contributed by atoms with Crippen LogP contribution < -0.4 is 0 Å². The summed E-state index contributed by atoms with van der Waals surface area (Å²) in [5, 5.41) is 0. The Bertz CT molecular complexity index is 379. The number of hydrogen-bond donors (Lipinski definition) is 0. The van der Waals surface area contributed by atoms with Crippen LogP contribution >= 0.6 is 11.6 Å². The zero-order chi connectivity index (χ0) is 16.8. The molecule has 22 heavy (non-hydrogen) atoms. The predicted molar refractivity (Wildman–Crippen MR) is 80.6 cm³/mol. The highest BCUT2D eigenvalue weighted by Gasteiger charge is 2.33. The molecule has 6 nitrogen and oxygen atoms in total. The first-order chi connectivity index (χ1) is 10.2. The van der Waals surface area contributed by atoms with Gasteiger partial charge in [-0.1, -0.05) is 0 Å². The van der Waals surface area contributed by atoms with Crippen molar-refractivity contribution < 1.29 is 28.5 Å². The van der Waals surface area contributed by atoms with Gasteiger partial charge in [0.15, 0.2) is 6.29 Å². The molecule has 1 aliphatic rings. The number of carbonyl (C=O) groups is 2. The third-order valence-corrected chi connectivity index (χ3v) is 3.18. The van der Waals surface area contributed by atoms with E-state index in [4.69, 9.17) is 30.5 Å². The van der Waals surface area contributed by atoms with Crippen LogP contribution in [0.3, 0.4) is 0 Å². The van der Waals surface area contributed by atoms with Gasteiger partial charge in [0.2, 0.25) is 0 Å². The Morgan fingerprint density at radius 3 is 2.32 bits per heavy atom. The molecule has 7 heteroatoms. The maximum absolute atomic E-state index is 11.9. The molecule has 1 rings (SSSR count). The second kappa shape index (κ2) is 8.70. The average Bonchev–Trinajstić information content (AvgIpc) is 2.35. The van der Waals surface area contributed by atoms with E-state index in [1.807, 2.05) is 0 Å². The Morgan fingerprint density at radius 1 is 1.14 bits per heavy atom. The Hall–Kier alpha value is -0.850. The molecule has 1 unspecified atom stereocenters. The van der Waals surface area contributed by atoms with Crippen molar-refractivity contribution in [3.05, 3.63) is 0 Å². The largest absolute Gasteiger partial charge is 0.466 e. The lowest BCUT2D eigenvalue weighted by atomic mass is 10.1. The fraction of sp³-hybridized carbons (Fsp3) is 0.867. The van der Waals surface area contributed by atoms with Crippen LogP contribution in [0.2, 0.25) is 0 Å². The van der Waals surface area contributed by atoms with Crippen LogP contribution in [0, 0.1) is 0 Å². The van der Waals surface area contributed by atoms with Gasteiger partial charge in [-0.25, -0.2) is 0 Å². The van der Waals surface area contributed by atoms with Crippen molar-refractivity contribution in [1.82, 2.24) is 0 Å². The smallest absolute Gasteiger partial charge is 0.310 e. The minimum Gasteiger partial charge on any atom is -0.466 e. The molecule has 0 aromatic rings. The number of ether oxygens (including phenoxy) is 4. The molecular weight excluding hydrogens is 312 g/mol. The third-order valence-electron chi connectivity index (χ3n) is 2.84. The molecule has 128 valence electrons. The lowest BCUT2D eigenvalue weighted by molar-refractivity contribution is -0.243. The minimum atomic E-state index is -0.746. The van der Waals surface area contributed by atoms with Crippen molar-refractivity contribution in [2.75, 3.05) is 12.5 Å². The standard InChI is InChI=1S/C15H25ClO6/c1-5-19-12(17)8-14-20-10(6-11(9-16)21-14)7-13(18)22-15(2,3)4/h10-11,14H,5-9H2,1-4H3/t10-,11+,14?/m1/s1. The average molecular weight is 337 g/mol. The summed E-state index contributed by atoms with van der Waals surface area (Å²) >= 11 is 5.84. The maximum Gasteiger partial charge on any atom is 0.310 e. The molecule has 0 radical (unpaired) electrons. The van der Waals surface area contributed by atoms with Crippen LogP contribution in [0.1, 0.15) is 47.0 Å². The topological polar surface area (TPSA) is 71.1 Å². The summed E-state index contributed by atoms with van der Waals surface area (Å²) in [7, 11) is 0. The molecule has 0 amide bonds. The maximum atomic E-state index is 11.9. The van der Waals surface area contributed by atoms with Gasteiger partial charge in [0.05, 0.1) is 31.7 Å². The van der Waals surface area contributed by atoms with Gasteiger partial charge in [-0.05, 0) is 27.7 Å². The summed E-state index contributed by atoms with van der Waals surface area (Å²) in [6, 6.07) is 0. The van der Waals surface area contributed by atoms with Crippen LogP contribution in [-0.2, 0) is 28.5 Å². The number of carbonyl (C=O) groups excluding carboxylic acids is 2. The summed E-state index contributed by atoms with van der Waals surface area (Å²) in [6.07, 6.45) is -0.820. The number of esters is 2. The SMILES string of the molecule is CCOC(=O)CC1O[C@H](CCl)C[C@H](CC(=O)OC(C)(C)C)O1. The van der Waals surface area contributed by atoms with E-state index in [9.17, 15) is 9.59 Å². The summed E-state index contributed by atoms with van der Waals surface area (Å²) < 4.78 is 21.3. The lowest BCUT2D eigenvalue weighted by Gasteiger charge is -2.34. The first kappa shape index (κ1) is 19.2. The number of alkyl halides is 1. The van der Waals surface area contributed by atoms with E-state index >= 15 is 0 Å². The van der Waals surface area contributed by atoms with Crippen LogP contribution in [0.15, 0.2) is 0 Å². The summed E-state index contributed by atoms with van der Waals surface area (Å²) in [5.74, 6) is -0.477. The number of hydrogen-bond acceptors (Lipinski definition) is 6. The van der Waals surface area contributed by atoms with Gasteiger partial charge >= 0.3 is 11.9 Å². The second-order valence-corrected chi connectivity index (χ2v) is 6.44. The predicted octanol–water partition coefficient (Wildman–Crippen LogP) is 2.41. The fourth-order valence-electron chi connectivity index (χ4n) is 2.12. The van der Waals surface area contributed by atoms with Crippen molar-refractivity contribution in [3.63, 3.8) is 0 Å². The summed E-state index contributed by atoms with van der Waals surface area (Å²) in [4.78, 5) is 23.4. The highest BCUT2D eigenvalue weighted by Crippen LogP contribution is 2.24. The molecule has 0 N–H and O–H groups in total. The van der Waals surface area contributed by atoms with Gasteiger partial charge in [0.1, 0.15) is 5.60 Å². The van der Waals surface area contributed by atoms with Crippen LogP contribution in [-0.4, -0.2) is 48.5 Å². The highest BCUT2D eigenvalue weighted by atomic mass is 35.5. The molecule has 0 bridgehead atoms. The van der Waals surface area contributed by atoms with E-state index in [2.05, 4.69) is 0 Å². The third kappa shape index (κ3) is 7.42. The fourth-order valence-corrected chi connectivity index (χ4v) is 2.32. The molecule has 0 aliphatic carbocycles. The minimum absolute atomic E-state index is 0.0218. The Morgan fingerprint density at radius 2 is 1.77 bits per heavy atom. The van der Waals surface area contributed by atoms with Crippen molar-refractivity contribution in [2.24, 2.45) is 0 Å². The number of halogens is 1. The monoisotopic (exact) mass is 336 g/mol. The van der Waals surface area contributed by atoms with Crippen molar-refractivity contribution in [1.29, 1.82) is 0 Å². The van der Waals surface area contributed by atoms with E-state index in [0.29, 0.717) is 13.0 Å². The lowest BCUT2D eigenvalue weighted by Crippen LogP contribution is -2.41. The van der Waals surface area contributed by atoms with Gasteiger partial charge in [-0.15, -0.1) is 11.6 Å². The highest BCUT2D eigenvalue weighted by molar-refractivity contribution is 6.18. The quantitative estimate of drug-likeness (QED) is 0.548. The first-order valence-corrected chi connectivity index (χ1v) is 8.01. The van der Waals surface area contributed by atoms with Crippen molar-refractivity contribution >= 4 is 23.5 Å². The van der Waals surface area contributed by atoms with Crippen LogP contribution in [0.4, 0.5) is 0 Å². The Labute approximate surface area is 136 Å². The van der Waals surface area contributed by atoms with Crippen LogP contribution in [0.25, 0.3) is 0 Å². The van der Waals surface area contributed by atoms with E-state index in [1.165, 1.54) is 0 Å². The molecule has 1 heterocycles. The van der Waals surface area contributed by atoms with Gasteiger partial charge < -0.3 is 18.9 Å². The summed E-state index contributed by atoms with van der Waals surface area (Å²) in [6.45, 7) is 7.45. The molecule has 1 saturated heterocycles. The van der Waals surface area contributed by atoms with Gasteiger partial charge in [0, 0.05) is 12.3 Å². The normalized spacial score (nSPS) is 25.6. The van der Waals surface area contributed by atoms with Gasteiger partial charge in [0.25, 0.3) is 0 Å².